The fourth-order valence-electron chi connectivity index (χ4n) is 1.65. The van der Waals surface area contributed by atoms with Crippen molar-refractivity contribution in [2.75, 3.05) is 7.11 Å². The normalized spacial score (nSPS) is 11.1. The molecule has 0 saturated carbocycles. The molecule has 0 aliphatic carbocycles. The zero-order chi connectivity index (χ0) is 15.5. The van der Waals surface area contributed by atoms with E-state index in [0.717, 1.165) is 0 Å². The van der Waals surface area contributed by atoms with E-state index >= 15 is 0 Å². The van der Waals surface area contributed by atoms with Crippen LogP contribution in [0.1, 0.15) is 16.1 Å². The molecular weight excluding hydrogens is 314 g/mol. The van der Waals surface area contributed by atoms with Gasteiger partial charge in [-0.3, -0.25) is 4.79 Å². The largest absolute Gasteiger partial charge is 0.495 e. The van der Waals surface area contributed by atoms with Crippen LogP contribution in [0.3, 0.4) is 0 Å². The van der Waals surface area contributed by atoms with Crippen LogP contribution >= 0.6 is 11.3 Å². The Morgan fingerprint density at radius 2 is 2.24 bits per heavy atom. The number of nitrogens with two attached hydrogens (primary N) is 1. The highest BCUT2D eigenvalue weighted by atomic mass is 32.2. The van der Waals surface area contributed by atoms with Gasteiger partial charge >= 0.3 is 0 Å². The zero-order valence-corrected chi connectivity index (χ0v) is 12.7. The van der Waals surface area contributed by atoms with Crippen molar-refractivity contribution >= 4 is 27.3 Å². The summed E-state index contributed by atoms with van der Waals surface area (Å²) >= 11 is 1.32. The van der Waals surface area contributed by atoms with Gasteiger partial charge in [0.1, 0.15) is 16.3 Å². The van der Waals surface area contributed by atoms with Crippen LogP contribution in [-0.4, -0.2) is 26.4 Å². The molecule has 0 bridgehead atoms. The van der Waals surface area contributed by atoms with Crippen molar-refractivity contribution in [3.63, 3.8) is 0 Å². The summed E-state index contributed by atoms with van der Waals surface area (Å²) in [5.41, 5.74) is 2.46. The average molecular weight is 327 g/mol. The number of carbonyl (C=O) groups excluding carboxylic acids is 1. The number of sulfonamides is 1. The van der Waals surface area contributed by atoms with Crippen LogP contribution in [0.5, 0.6) is 5.75 Å². The fraction of sp³-hybridized carbons (Fsp3) is 0.167. The van der Waals surface area contributed by atoms with Crippen LogP contribution < -0.4 is 15.2 Å². The molecular formula is C12H13N3O4S2. The number of rotatable bonds is 5. The summed E-state index contributed by atoms with van der Waals surface area (Å²) in [6, 6.07) is 4.51. The van der Waals surface area contributed by atoms with E-state index in [1.807, 2.05) is 0 Å². The number of aromatic nitrogens is 1. The summed E-state index contributed by atoms with van der Waals surface area (Å²) in [4.78, 5) is 15.5. The Morgan fingerprint density at radius 3 is 2.81 bits per heavy atom. The quantitative estimate of drug-likeness (QED) is 0.841. The van der Waals surface area contributed by atoms with Gasteiger partial charge in [0.2, 0.25) is 10.0 Å². The second-order valence-corrected chi connectivity index (χ2v) is 6.34. The molecule has 9 heteroatoms. The molecule has 1 amide bonds. The predicted octanol–water partition coefficient (Wildman–Crippen LogP) is 0.729. The maximum Gasteiger partial charge on any atom is 0.271 e. The van der Waals surface area contributed by atoms with Gasteiger partial charge in [-0.25, -0.2) is 18.5 Å². The Morgan fingerprint density at radius 1 is 1.48 bits per heavy atom. The van der Waals surface area contributed by atoms with Crippen molar-refractivity contribution in [2.45, 2.75) is 11.4 Å². The molecule has 7 nitrogen and oxygen atoms in total. The number of primary sulfonamides is 1. The van der Waals surface area contributed by atoms with Crippen LogP contribution in [0.2, 0.25) is 0 Å². The molecule has 0 unspecified atom stereocenters. The molecule has 0 radical (unpaired) electrons. The SMILES string of the molecule is COc1ccc(CNC(=O)c2cscn2)cc1S(N)(=O)=O. The number of nitrogens with zero attached hydrogens (tertiary/aromatic N) is 1. The molecule has 0 aliphatic rings. The number of hydrogen-bond acceptors (Lipinski definition) is 6. The van der Waals surface area contributed by atoms with Crippen molar-refractivity contribution in [3.8, 4) is 5.75 Å². The molecule has 3 N–H and O–H groups in total. The summed E-state index contributed by atoms with van der Waals surface area (Å²) < 4.78 is 27.9. The van der Waals surface area contributed by atoms with E-state index in [4.69, 9.17) is 9.88 Å². The maximum atomic E-state index is 11.7. The lowest BCUT2D eigenvalue weighted by molar-refractivity contribution is 0.0946. The van der Waals surface area contributed by atoms with Gasteiger partial charge in [-0.2, -0.15) is 0 Å². The number of methoxy groups -OCH3 is 1. The fourth-order valence-corrected chi connectivity index (χ4v) is 2.93. The van der Waals surface area contributed by atoms with Crippen LogP contribution in [-0.2, 0) is 16.6 Å². The highest BCUT2D eigenvalue weighted by Crippen LogP contribution is 2.23. The molecule has 1 aromatic heterocycles. The Balaban J connectivity index is 2.16. The number of thiazole rings is 1. The van der Waals surface area contributed by atoms with Crippen molar-refractivity contribution < 1.29 is 17.9 Å². The standard InChI is InChI=1S/C12H13N3O4S2/c1-19-10-3-2-8(4-11(10)21(13,17)18)5-14-12(16)9-6-20-7-15-9/h2-4,6-7H,5H2,1H3,(H,14,16)(H2,13,17,18). The molecule has 0 fully saturated rings. The van der Waals surface area contributed by atoms with Gasteiger partial charge in [-0.15, -0.1) is 11.3 Å². The molecule has 0 atom stereocenters. The lowest BCUT2D eigenvalue weighted by Gasteiger charge is -2.09. The van der Waals surface area contributed by atoms with Crippen molar-refractivity contribution in [2.24, 2.45) is 5.14 Å². The molecule has 0 saturated heterocycles. The molecule has 1 aromatic carbocycles. The molecule has 2 aromatic rings. The minimum atomic E-state index is -3.90. The molecule has 112 valence electrons. The van der Waals surface area contributed by atoms with Crippen LogP contribution in [0, 0.1) is 0 Å². The minimum Gasteiger partial charge on any atom is -0.495 e. The number of ether oxygens (including phenoxy) is 1. The van der Waals surface area contributed by atoms with E-state index < -0.39 is 10.0 Å². The monoisotopic (exact) mass is 327 g/mol. The van der Waals surface area contributed by atoms with Crippen LogP contribution in [0.15, 0.2) is 34.0 Å². The third-order valence-electron chi connectivity index (χ3n) is 2.65. The first kappa shape index (κ1) is 15.4. The maximum absolute atomic E-state index is 11.7. The van der Waals surface area contributed by atoms with Crippen molar-refractivity contribution in [1.82, 2.24) is 10.3 Å². The number of nitrogens with one attached hydrogen (secondary N) is 1. The highest BCUT2D eigenvalue weighted by molar-refractivity contribution is 7.89. The first-order valence-electron chi connectivity index (χ1n) is 5.78. The summed E-state index contributed by atoms with van der Waals surface area (Å²) in [7, 11) is -2.54. The number of carbonyl (C=O) groups is 1. The number of amides is 1. The van der Waals surface area contributed by atoms with Gasteiger partial charge in [0, 0.05) is 11.9 Å². The molecule has 0 aliphatic heterocycles. The average Bonchev–Trinajstić information content (AvgIpc) is 2.97. The summed E-state index contributed by atoms with van der Waals surface area (Å²) in [5, 5.41) is 9.40. The smallest absolute Gasteiger partial charge is 0.271 e. The van der Waals surface area contributed by atoms with E-state index in [9.17, 15) is 13.2 Å². The second kappa shape index (κ2) is 6.20. The van der Waals surface area contributed by atoms with Gasteiger partial charge < -0.3 is 10.1 Å². The van der Waals surface area contributed by atoms with E-state index in [-0.39, 0.29) is 23.1 Å². The number of benzene rings is 1. The van der Waals surface area contributed by atoms with Crippen molar-refractivity contribution in [1.29, 1.82) is 0 Å². The first-order chi connectivity index (χ1) is 9.91. The molecule has 1 heterocycles. The zero-order valence-electron chi connectivity index (χ0n) is 11.1. The lowest BCUT2D eigenvalue weighted by Crippen LogP contribution is -2.23. The van der Waals surface area contributed by atoms with E-state index in [0.29, 0.717) is 11.3 Å². The Kier molecular flexibility index (Phi) is 4.56. The van der Waals surface area contributed by atoms with Crippen molar-refractivity contribution in [3.05, 3.63) is 40.3 Å². The number of hydrogen-bond donors (Lipinski definition) is 2. The lowest BCUT2D eigenvalue weighted by atomic mass is 10.2. The topological polar surface area (TPSA) is 111 Å². The summed E-state index contributed by atoms with van der Waals surface area (Å²) in [6.45, 7) is 0.156. The predicted molar refractivity (Wildman–Crippen MR) is 77.7 cm³/mol. The molecule has 21 heavy (non-hydrogen) atoms. The Labute approximate surface area is 125 Å². The highest BCUT2D eigenvalue weighted by Gasteiger charge is 2.16. The third-order valence-corrected chi connectivity index (χ3v) is 4.17. The third kappa shape index (κ3) is 3.78. The van der Waals surface area contributed by atoms with Gasteiger partial charge in [0.05, 0.1) is 12.6 Å². The van der Waals surface area contributed by atoms with E-state index in [1.165, 1.54) is 30.6 Å². The Bertz CT molecular complexity index is 742. The summed E-state index contributed by atoms with van der Waals surface area (Å²) in [6.07, 6.45) is 0. The van der Waals surface area contributed by atoms with E-state index in [1.54, 1.807) is 17.0 Å². The van der Waals surface area contributed by atoms with Crippen LogP contribution in [0.25, 0.3) is 0 Å². The van der Waals surface area contributed by atoms with Gasteiger partial charge in [-0.05, 0) is 17.7 Å². The minimum absolute atomic E-state index is 0.120. The Hall–Kier alpha value is -1.97. The molecule has 2 rings (SSSR count). The molecule has 0 spiro atoms. The first-order valence-corrected chi connectivity index (χ1v) is 8.27. The van der Waals surface area contributed by atoms with Gasteiger partial charge in [-0.1, -0.05) is 6.07 Å². The van der Waals surface area contributed by atoms with Gasteiger partial charge in [0.15, 0.2) is 0 Å². The van der Waals surface area contributed by atoms with Gasteiger partial charge in [0.25, 0.3) is 5.91 Å². The summed E-state index contributed by atoms with van der Waals surface area (Å²) in [5.74, 6) is -0.170. The van der Waals surface area contributed by atoms with Crippen LogP contribution in [0.4, 0.5) is 0 Å². The van der Waals surface area contributed by atoms with E-state index in [2.05, 4.69) is 10.3 Å². The second-order valence-electron chi connectivity index (χ2n) is 4.09.